The monoisotopic (exact) mass is 243 g/mol. The lowest BCUT2D eigenvalue weighted by Crippen LogP contribution is -2.26. The molecule has 0 aliphatic carbocycles. The van der Waals surface area contributed by atoms with Crippen LogP contribution >= 0.6 is 11.6 Å². The number of aromatic carboxylic acids is 1. The van der Waals surface area contributed by atoms with Gasteiger partial charge in [-0.1, -0.05) is 25.4 Å². The average molecular weight is 244 g/mol. The zero-order valence-corrected chi connectivity index (χ0v) is 10.2. The number of hydrogen-bond donors (Lipinski definition) is 1. The normalized spacial score (nSPS) is 10.8. The molecule has 5 heteroatoms. The van der Waals surface area contributed by atoms with E-state index >= 15 is 0 Å². The predicted octanol–water partition coefficient (Wildman–Crippen LogP) is 1.94. The molecule has 1 heterocycles. The van der Waals surface area contributed by atoms with Gasteiger partial charge in [-0.15, -0.1) is 0 Å². The average Bonchev–Trinajstić information content (AvgIpc) is 2.12. The van der Waals surface area contributed by atoms with Gasteiger partial charge in [-0.05, 0) is 24.0 Å². The molecule has 1 N–H and O–H groups in total. The third-order valence-corrected chi connectivity index (χ3v) is 2.55. The van der Waals surface area contributed by atoms with E-state index in [0.717, 1.165) is 4.57 Å². The molecule has 0 saturated heterocycles. The Kier molecular flexibility index (Phi) is 3.75. The van der Waals surface area contributed by atoms with Gasteiger partial charge in [0.15, 0.2) is 0 Å². The first kappa shape index (κ1) is 12.8. The number of nitrogens with zero attached hydrogens (tertiary/aromatic N) is 1. The van der Waals surface area contributed by atoms with Gasteiger partial charge in [0, 0.05) is 7.05 Å². The van der Waals surface area contributed by atoms with Crippen LogP contribution in [0.5, 0.6) is 0 Å². The fourth-order valence-electron chi connectivity index (χ4n) is 1.64. The van der Waals surface area contributed by atoms with E-state index in [1.807, 2.05) is 13.8 Å². The molecule has 0 radical (unpaired) electrons. The Bertz CT molecular complexity index is 477. The molecule has 16 heavy (non-hydrogen) atoms. The quantitative estimate of drug-likeness (QED) is 0.883. The molecule has 0 spiro atoms. The largest absolute Gasteiger partial charge is 0.477 e. The zero-order chi connectivity index (χ0) is 12.5. The van der Waals surface area contributed by atoms with Crippen molar-refractivity contribution in [3.05, 3.63) is 32.7 Å². The Balaban J connectivity index is 3.47. The molecule has 0 aliphatic rings. The van der Waals surface area contributed by atoms with Crippen LogP contribution in [0.3, 0.4) is 0 Å². The van der Waals surface area contributed by atoms with E-state index in [4.69, 9.17) is 16.7 Å². The minimum Gasteiger partial charge on any atom is -0.477 e. The van der Waals surface area contributed by atoms with Gasteiger partial charge in [-0.25, -0.2) is 4.79 Å². The number of halogens is 1. The van der Waals surface area contributed by atoms with Crippen molar-refractivity contribution < 1.29 is 9.90 Å². The first-order chi connectivity index (χ1) is 7.34. The second-order valence-electron chi connectivity index (χ2n) is 4.13. The third kappa shape index (κ3) is 2.44. The van der Waals surface area contributed by atoms with Gasteiger partial charge in [-0.2, -0.15) is 0 Å². The number of hydrogen-bond acceptors (Lipinski definition) is 2. The molecule has 0 aliphatic heterocycles. The molecular formula is C11H14ClNO3. The maximum absolute atomic E-state index is 11.5. The molecule has 1 aromatic rings. The van der Waals surface area contributed by atoms with E-state index in [9.17, 15) is 9.59 Å². The Morgan fingerprint density at radius 2 is 2.12 bits per heavy atom. The van der Waals surface area contributed by atoms with Crippen LogP contribution in [0, 0.1) is 5.92 Å². The van der Waals surface area contributed by atoms with E-state index in [-0.39, 0.29) is 10.7 Å². The first-order valence-corrected chi connectivity index (χ1v) is 5.34. The number of carboxylic acid groups (broad SMARTS) is 1. The van der Waals surface area contributed by atoms with Crippen LogP contribution in [-0.4, -0.2) is 15.6 Å². The van der Waals surface area contributed by atoms with E-state index < -0.39 is 11.5 Å². The van der Waals surface area contributed by atoms with Crippen molar-refractivity contribution in [1.82, 2.24) is 4.57 Å². The Morgan fingerprint density at radius 1 is 1.56 bits per heavy atom. The zero-order valence-electron chi connectivity index (χ0n) is 9.45. The second kappa shape index (κ2) is 4.70. The fraction of sp³-hybridized carbons (Fsp3) is 0.455. The van der Waals surface area contributed by atoms with Gasteiger partial charge in [0.2, 0.25) is 0 Å². The predicted molar refractivity (Wildman–Crippen MR) is 62.2 cm³/mol. The number of aromatic nitrogens is 1. The van der Waals surface area contributed by atoms with Crippen LogP contribution < -0.4 is 5.56 Å². The number of pyridine rings is 1. The smallest absolute Gasteiger partial charge is 0.352 e. The van der Waals surface area contributed by atoms with E-state index in [2.05, 4.69) is 0 Å². The van der Waals surface area contributed by atoms with Gasteiger partial charge in [-0.3, -0.25) is 4.79 Å². The minimum absolute atomic E-state index is 0.0168. The summed E-state index contributed by atoms with van der Waals surface area (Å²) in [5, 5.41) is 9.13. The van der Waals surface area contributed by atoms with Crippen molar-refractivity contribution in [2.24, 2.45) is 13.0 Å². The minimum atomic E-state index is -1.10. The molecule has 88 valence electrons. The standard InChI is InChI=1S/C11H14ClNO3/c1-6(2)4-7-5-8(12)10(14)13(3)9(7)11(15)16/h5-6H,4H2,1-3H3,(H,15,16). The molecule has 1 rings (SSSR count). The van der Waals surface area contributed by atoms with Crippen molar-refractivity contribution in [2.75, 3.05) is 0 Å². The van der Waals surface area contributed by atoms with Crippen LogP contribution in [-0.2, 0) is 13.5 Å². The van der Waals surface area contributed by atoms with Gasteiger partial charge in [0.25, 0.3) is 5.56 Å². The molecule has 0 saturated carbocycles. The van der Waals surface area contributed by atoms with Crippen LogP contribution in [0.1, 0.15) is 29.9 Å². The maximum atomic E-state index is 11.5. The van der Waals surface area contributed by atoms with Gasteiger partial charge in [0.1, 0.15) is 10.7 Å². The Morgan fingerprint density at radius 3 is 2.56 bits per heavy atom. The highest BCUT2D eigenvalue weighted by Crippen LogP contribution is 2.16. The van der Waals surface area contributed by atoms with Crippen LogP contribution in [0.15, 0.2) is 10.9 Å². The molecule has 0 amide bonds. The maximum Gasteiger partial charge on any atom is 0.352 e. The van der Waals surface area contributed by atoms with Crippen molar-refractivity contribution in [2.45, 2.75) is 20.3 Å². The molecule has 1 aromatic heterocycles. The summed E-state index contributed by atoms with van der Waals surface area (Å²) in [6, 6.07) is 1.45. The molecule has 0 fully saturated rings. The summed E-state index contributed by atoms with van der Waals surface area (Å²) in [7, 11) is 1.42. The van der Waals surface area contributed by atoms with Crippen LogP contribution in [0.25, 0.3) is 0 Å². The fourth-order valence-corrected chi connectivity index (χ4v) is 1.89. The molecule has 0 atom stereocenters. The number of rotatable bonds is 3. The third-order valence-electron chi connectivity index (χ3n) is 2.28. The molecule has 0 aromatic carbocycles. The van der Waals surface area contributed by atoms with Crippen LogP contribution in [0.4, 0.5) is 0 Å². The topological polar surface area (TPSA) is 59.3 Å². The Hall–Kier alpha value is -1.29. The lowest BCUT2D eigenvalue weighted by atomic mass is 10.0. The molecule has 0 bridgehead atoms. The first-order valence-electron chi connectivity index (χ1n) is 4.96. The summed E-state index contributed by atoms with van der Waals surface area (Å²) in [6.07, 6.45) is 0.579. The molecular weight excluding hydrogens is 230 g/mol. The summed E-state index contributed by atoms with van der Waals surface area (Å²) in [5.74, 6) is -0.807. The van der Waals surface area contributed by atoms with Crippen LogP contribution in [0.2, 0.25) is 5.02 Å². The highest BCUT2D eigenvalue weighted by atomic mass is 35.5. The summed E-state index contributed by atoms with van der Waals surface area (Å²) in [5.41, 5.74) is 0.129. The summed E-state index contributed by atoms with van der Waals surface area (Å²) >= 11 is 5.75. The van der Waals surface area contributed by atoms with Crippen molar-refractivity contribution in [1.29, 1.82) is 0 Å². The highest BCUT2D eigenvalue weighted by molar-refractivity contribution is 6.30. The SMILES string of the molecule is CC(C)Cc1cc(Cl)c(=O)n(C)c1C(=O)O. The second-order valence-corrected chi connectivity index (χ2v) is 4.54. The summed E-state index contributed by atoms with van der Waals surface area (Å²) < 4.78 is 1.09. The van der Waals surface area contributed by atoms with Crippen molar-refractivity contribution >= 4 is 17.6 Å². The number of carbonyl (C=O) groups is 1. The lowest BCUT2D eigenvalue weighted by molar-refractivity contribution is 0.0683. The van der Waals surface area contributed by atoms with E-state index in [0.29, 0.717) is 17.9 Å². The summed E-state index contributed by atoms with van der Waals surface area (Å²) in [6.45, 7) is 3.95. The van der Waals surface area contributed by atoms with Gasteiger partial charge >= 0.3 is 5.97 Å². The molecule has 4 nitrogen and oxygen atoms in total. The van der Waals surface area contributed by atoms with Crippen molar-refractivity contribution in [3.63, 3.8) is 0 Å². The van der Waals surface area contributed by atoms with Crippen molar-refractivity contribution in [3.8, 4) is 0 Å². The summed E-state index contributed by atoms with van der Waals surface area (Å²) in [4.78, 5) is 22.6. The molecule has 0 unspecified atom stereocenters. The van der Waals surface area contributed by atoms with E-state index in [1.165, 1.54) is 13.1 Å². The van der Waals surface area contributed by atoms with E-state index in [1.54, 1.807) is 0 Å². The van der Waals surface area contributed by atoms with Gasteiger partial charge < -0.3 is 9.67 Å². The Labute approximate surface area is 98.5 Å². The number of carboxylic acids is 1. The lowest BCUT2D eigenvalue weighted by Gasteiger charge is -2.12. The van der Waals surface area contributed by atoms with Gasteiger partial charge in [0.05, 0.1) is 0 Å². The highest BCUT2D eigenvalue weighted by Gasteiger charge is 2.17.